The fraction of sp³-hybridized carbons (Fsp3) is 0.889. The Bertz CT molecular complexity index is 140. The molecule has 0 heterocycles. The quantitative estimate of drug-likeness (QED) is 0.577. The molecule has 1 saturated carbocycles. The van der Waals surface area contributed by atoms with Crippen molar-refractivity contribution in [2.75, 3.05) is 7.11 Å². The van der Waals surface area contributed by atoms with E-state index in [4.69, 9.17) is 4.74 Å². The minimum atomic E-state index is 0.285. The van der Waals surface area contributed by atoms with Crippen molar-refractivity contribution in [1.29, 1.82) is 0 Å². The van der Waals surface area contributed by atoms with Crippen molar-refractivity contribution in [3.05, 3.63) is 0 Å². The van der Waals surface area contributed by atoms with Crippen LogP contribution in [0.15, 0.2) is 0 Å². The van der Waals surface area contributed by atoms with Gasteiger partial charge in [-0.25, -0.2) is 0 Å². The first-order chi connectivity index (χ1) is 5.15. The number of carbonyl (C=O) groups is 1. The maximum absolute atomic E-state index is 11.1. The van der Waals surface area contributed by atoms with Crippen LogP contribution < -0.4 is 0 Å². The number of methoxy groups -OCH3 is 1. The van der Waals surface area contributed by atoms with Crippen molar-refractivity contribution >= 4 is 5.78 Å². The van der Waals surface area contributed by atoms with Gasteiger partial charge in [-0.3, -0.25) is 4.79 Å². The lowest BCUT2D eigenvalue weighted by Gasteiger charge is -2.32. The molecule has 0 aromatic carbocycles. The highest BCUT2D eigenvalue weighted by molar-refractivity contribution is 5.79. The normalized spacial score (nSPS) is 39.2. The maximum atomic E-state index is 11.1. The summed E-state index contributed by atoms with van der Waals surface area (Å²) in [6, 6.07) is 0. The highest BCUT2D eigenvalue weighted by Crippen LogP contribution is 2.28. The third-order valence-electron chi connectivity index (χ3n) is 2.49. The molecular weight excluding hydrogens is 140 g/mol. The average molecular weight is 156 g/mol. The summed E-state index contributed by atoms with van der Waals surface area (Å²) in [4.78, 5) is 11.1. The van der Waals surface area contributed by atoms with E-state index in [-0.39, 0.29) is 6.10 Å². The van der Waals surface area contributed by atoms with E-state index in [1.54, 1.807) is 7.11 Å². The summed E-state index contributed by atoms with van der Waals surface area (Å²) in [6.45, 7) is 4.17. The number of ether oxygens (including phenoxy) is 1. The van der Waals surface area contributed by atoms with Crippen LogP contribution in [0, 0.1) is 11.8 Å². The van der Waals surface area contributed by atoms with E-state index in [2.05, 4.69) is 13.8 Å². The van der Waals surface area contributed by atoms with Crippen molar-refractivity contribution in [1.82, 2.24) is 0 Å². The van der Waals surface area contributed by atoms with E-state index < -0.39 is 0 Å². The molecule has 0 aliphatic heterocycles. The topological polar surface area (TPSA) is 26.3 Å². The van der Waals surface area contributed by atoms with Gasteiger partial charge in [-0.2, -0.15) is 0 Å². The van der Waals surface area contributed by atoms with Crippen LogP contribution in [0.1, 0.15) is 26.7 Å². The molecule has 1 fully saturated rings. The minimum absolute atomic E-state index is 0.285. The first-order valence-electron chi connectivity index (χ1n) is 4.19. The van der Waals surface area contributed by atoms with Gasteiger partial charge in [-0.1, -0.05) is 13.8 Å². The van der Waals surface area contributed by atoms with Crippen molar-refractivity contribution in [2.24, 2.45) is 11.8 Å². The summed E-state index contributed by atoms with van der Waals surface area (Å²) >= 11 is 0. The summed E-state index contributed by atoms with van der Waals surface area (Å²) in [5.41, 5.74) is 0. The molecule has 0 amide bonds. The van der Waals surface area contributed by atoms with Crippen LogP contribution in [0.3, 0.4) is 0 Å². The zero-order chi connectivity index (χ0) is 8.43. The van der Waals surface area contributed by atoms with Crippen molar-refractivity contribution in [3.8, 4) is 0 Å². The number of rotatable bonds is 1. The maximum Gasteiger partial charge on any atom is 0.133 e. The Labute approximate surface area is 67.9 Å². The molecule has 0 aromatic rings. The molecule has 2 atom stereocenters. The lowest BCUT2D eigenvalue weighted by atomic mass is 9.80. The zero-order valence-corrected chi connectivity index (χ0v) is 7.46. The second-order valence-electron chi connectivity index (χ2n) is 3.60. The molecule has 1 rings (SSSR count). The Hall–Kier alpha value is -0.370. The summed E-state index contributed by atoms with van der Waals surface area (Å²) in [5.74, 6) is 1.19. The molecule has 0 saturated heterocycles. The minimum Gasteiger partial charge on any atom is -0.381 e. The Morgan fingerprint density at radius 2 is 1.73 bits per heavy atom. The highest BCUT2D eigenvalue weighted by Gasteiger charge is 2.31. The molecule has 0 spiro atoms. The lowest BCUT2D eigenvalue weighted by Crippen LogP contribution is -2.35. The number of hydrogen-bond donors (Lipinski definition) is 0. The third kappa shape index (κ3) is 1.80. The molecule has 1 aliphatic carbocycles. The van der Waals surface area contributed by atoms with Gasteiger partial charge >= 0.3 is 0 Å². The van der Waals surface area contributed by atoms with E-state index in [0.29, 0.717) is 30.5 Å². The van der Waals surface area contributed by atoms with Crippen LogP contribution in [0.4, 0.5) is 0 Å². The summed E-state index contributed by atoms with van der Waals surface area (Å²) in [7, 11) is 1.73. The molecule has 0 radical (unpaired) electrons. The standard InChI is InChI=1S/C9H16O2/c1-6-4-8(10)5-7(2)9(6)11-3/h6-7,9H,4-5H2,1-3H3. The van der Waals surface area contributed by atoms with Gasteiger partial charge in [-0.05, 0) is 11.8 Å². The average Bonchev–Trinajstić information content (AvgIpc) is 1.85. The fourth-order valence-corrected chi connectivity index (χ4v) is 2.06. The number of Topliss-reactive ketones (excluding diaryl/α,β-unsaturated/α-hetero) is 1. The van der Waals surface area contributed by atoms with Crippen LogP contribution in [0.5, 0.6) is 0 Å². The SMILES string of the molecule is COC1C(C)CC(=O)CC1C. The van der Waals surface area contributed by atoms with E-state index >= 15 is 0 Å². The summed E-state index contributed by atoms with van der Waals surface area (Å²) < 4.78 is 5.31. The zero-order valence-electron chi connectivity index (χ0n) is 7.46. The van der Waals surface area contributed by atoms with Gasteiger partial charge in [-0.15, -0.1) is 0 Å². The van der Waals surface area contributed by atoms with Crippen LogP contribution in [0.2, 0.25) is 0 Å². The second-order valence-corrected chi connectivity index (χ2v) is 3.60. The van der Waals surface area contributed by atoms with Gasteiger partial charge in [0.15, 0.2) is 0 Å². The molecule has 0 aromatic heterocycles. The largest absolute Gasteiger partial charge is 0.381 e. The Morgan fingerprint density at radius 3 is 2.09 bits per heavy atom. The molecule has 2 unspecified atom stereocenters. The van der Waals surface area contributed by atoms with E-state index in [9.17, 15) is 4.79 Å². The van der Waals surface area contributed by atoms with Crippen LogP contribution in [-0.4, -0.2) is 19.0 Å². The molecule has 2 nitrogen and oxygen atoms in total. The Kier molecular flexibility index (Phi) is 2.66. The highest BCUT2D eigenvalue weighted by atomic mass is 16.5. The molecule has 0 N–H and O–H groups in total. The first kappa shape index (κ1) is 8.72. The number of hydrogen-bond acceptors (Lipinski definition) is 2. The molecule has 1 aliphatic rings. The Morgan fingerprint density at radius 1 is 1.27 bits per heavy atom. The van der Waals surface area contributed by atoms with Crippen molar-refractivity contribution in [2.45, 2.75) is 32.8 Å². The van der Waals surface area contributed by atoms with Crippen LogP contribution in [0.25, 0.3) is 0 Å². The fourth-order valence-electron chi connectivity index (χ4n) is 2.06. The Balaban J connectivity index is 2.58. The smallest absolute Gasteiger partial charge is 0.133 e. The van der Waals surface area contributed by atoms with E-state index in [1.165, 1.54) is 0 Å². The third-order valence-corrected chi connectivity index (χ3v) is 2.49. The number of ketones is 1. The van der Waals surface area contributed by atoms with Crippen molar-refractivity contribution < 1.29 is 9.53 Å². The summed E-state index contributed by atoms with van der Waals surface area (Å²) in [5, 5.41) is 0. The van der Waals surface area contributed by atoms with Gasteiger partial charge < -0.3 is 4.74 Å². The second kappa shape index (κ2) is 3.35. The predicted molar refractivity (Wildman–Crippen MR) is 43.4 cm³/mol. The first-order valence-corrected chi connectivity index (χ1v) is 4.19. The van der Waals surface area contributed by atoms with Crippen molar-refractivity contribution in [3.63, 3.8) is 0 Å². The van der Waals surface area contributed by atoms with Gasteiger partial charge in [0.2, 0.25) is 0 Å². The monoisotopic (exact) mass is 156 g/mol. The molecule has 2 heteroatoms. The van der Waals surface area contributed by atoms with Gasteiger partial charge in [0.25, 0.3) is 0 Å². The number of carbonyl (C=O) groups excluding carboxylic acids is 1. The molecule has 11 heavy (non-hydrogen) atoms. The molecule has 64 valence electrons. The predicted octanol–water partition coefficient (Wildman–Crippen LogP) is 1.64. The van der Waals surface area contributed by atoms with Gasteiger partial charge in [0.1, 0.15) is 5.78 Å². The van der Waals surface area contributed by atoms with E-state index in [1.807, 2.05) is 0 Å². The lowest BCUT2D eigenvalue weighted by molar-refractivity contribution is -0.127. The molecule has 0 bridgehead atoms. The summed E-state index contributed by atoms with van der Waals surface area (Å²) in [6.07, 6.45) is 1.68. The van der Waals surface area contributed by atoms with E-state index in [0.717, 1.165) is 0 Å². The van der Waals surface area contributed by atoms with Gasteiger partial charge in [0.05, 0.1) is 6.10 Å². The molecular formula is C9H16O2. The van der Waals surface area contributed by atoms with Crippen LogP contribution >= 0.6 is 0 Å². The van der Waals surface area contributed by atoms with Gasteiger partial charge in [0, 0.05) is 20.0 Å². The van der Waals surface area contributed by atoms with Crippen LogP contribution in [-0.2, 0) is 9.53 Å².